The first-order valence-corrected chi connectivity index (χ1v) is 7.09. The minimum absolute atomic E-state index is 0.0214. The summed E-state index contributed by atoms with van der Waals surface area (Å²) in [6.07, 6.45) is 4.29. The van der Waals surface area contributed by atoms with E-state index in [-0.39, 0.29) is 17.8 Å². The molecular weight excluding hydrogens is 304 g/mol. The van der Waals surface area contributed by atoms with Crippen LogP contribution in [0.15, 0.2) is 35.1 Å². The fourth-order valence-electron chi connectivity index (χ4n) is 2.39. The van der Waals surface area contributed by atoms with Crippen LogP contribution in [0, 0.1) is 10.1 Å². The number of rotatable bonds is 4. The topological polar surface area (TPSA) is 112 Å². The van der Waals surface area contributed by atoms with Crippen LogP contribution in [-0.4, -0.2) is 44.9 Å². The van der Waals surface area contributed by atoms with Crippen LogP contribution >= 0.6 is 0 Å². The van der Waals surface area contributed by atoms with Gasteiger partial charge in [0, 0.05) is 38.2 Å². The number of nitro groups is 1. The van der Waals surface area contributed by atoms with E-state index in [4.69, 9.17) is 9.15 Å². The highest BCUT2D eigenvalue weighted by Crippen LogP contribution is 2.21. The van der Waals surface area contributed by atoms with E-state index in [1.54, 1.807) is 17.2 Å². The van der Waals surface area contributed by atoms with Gasteiger partial charge in [-0.25, -0.2) is 9.97 Å². The molecule has 0 atom stereocenters. The van der Waals surface area contributed by atoms with Gasteiger partial charge in [0.2, 0.25) is 5.88 Å². The van der Waals surface area contributed by atoms with Crippen molar-refractivity contribution in [2.45, 2.75) is 18.9 Å². The molecule has 1 aliphatic heterocycles. The average molecular weight is 318 g/mol. The number of piperidine rings is 1. The lowest BCUT2D eigenvalue weighted by Crippen LogP contribution is -2.41. The first kappa shape index (κ1) is 14.9. The summed E-state index contributed by atoms with van der Waals surface area (Å²) in [6, 6.07) is 4.18. The summed E-state index contributed by atoms with van der Waals surface area (Å²) in [5, 5.41) is 10.6. The molecule has 1 saturated heterocycles. The molecule has 2 aromatic heterocycles. The maximum atomic E-state index is 12.2. The SMILES string of the molecule is O=C(c1ccc([N+](=O)[O-])o1)N1CCC(Oc2ccncn2)CC1. The highest BCUT2D eigenvalue weighted by molar-refractivity contribution is 5.91. The summed E-state index contributed by atoms with van der Waals surface area (Å²) < 4.78 is 10.7. The van der Waals surface area contributed by atoms with Crippen molar-refractivity contribution in [3.8, 4) is 5.88 Å². The van der Waals surface area contributed by atoms with Crippen molar-refractivity contribution in [3.05, 3.63) is 46.6 Å². The fourth-order valence-corrected chi connectivity index (χ4v) is 2.39. The third-order valence-corrected chi connectivity index (χ3v) is 3.55. The van der Waals surface area contributed by atoms with Crippen LogP contribution in [0.25, 0.3) is 0 Å². The fraction of sp³-hybridized carbons (Fsp3) is 0.357. The molecule has 1 aliphatic rings. The van der Waals surface area contributed by atoms with Crippen LogP contribution in [0.2, 0.25) is 0 Å². The molecular formula is C14H14N4O5. The Morgan fingerprint density at radius 3 is 2.74 bits per heavy atom. The van der Waals surface area contributed by atoms with E-state index >= 15 is 0 Å². The second-order valence-electron chi connectivity index (χ2n) is 5.05. The lowest BCUT2D eigenvalue weighted by Gasteiger charge is -2.31. The average Bonchev–Trinajstić information content (AvgIpc) is 3.06. The molecule has 1 fully saturated rings. The lowest BCUT2D eigenvalue weighted by atomic mass is 10.1. The normalized spacial score (nSPS) is 15.4. The second-order valence-corrected chi connectivity index (χ2v) is 5.05. The summed E-state index contributed by atoms with van der Waals surface area (Å²) in [4.78, 5) is 31.6. The summed E-state index contributed by atoms with van der Waals surface area (Å²) in [5.41, 5.74) is 0. The largest absolute Gasteiger partial charge is 0.474 e. The third kappa shape index (κ3) is 3.44. The van der Waals surface area contributed by atoms with Crippen LogP contribution in [-0.2, 0) is 0 Å². The Balaban J connectivity index is 1.55. The van der Waals surface area contributed by atoms with Crippen LogP contribution in [0.4, 0.5) is 5.88 Å². The number of carbonyl (C=O) groups excluding carboxylic acids is 1. The molecule has 0 aromatic carbocycles. The Hall–Kier alpha value is -2.97. The second kappa shape index (κ2) is 6.42. The molecule has 3 heterocycles. The molecule has 0 aliphatic carbocycles. The number of ether oxygens (including phenoxy) is 1. The molecule has 120 valence electrons. The Morgan fingerprint density at radius 2 is 2.13 bits per heavy atom. The predicted molar refractivity (Wildman–Crippen MR) is 76.9 cm³/mol. The number of amides is 1. The van der Waals surface area contributed by atoms with E-state index in [0.717, 1.165) is 0 Å². The molecule has 0 saturated carbocycles. The predicted octanol–water partition coefficient (Wildman–Crippen LogP) is 1.66. The van der Waals surface area contributed by atoms with Gasteiger partial charge in [0.25, 0.3) is 5.91 Å². The minimum atomic E-state index is -0.668. The molecule has 0 spiro atoms. The Morgan fingerprint density at radius 1 is 1.35 bits per heavy atom. The summed E-state index contributed by atoms with van der Waals surface area (Å²) >= 11 is 0. The first-order valence-electron chi connectivity index (χ1n) is 7.09. The highest BCUT2D eigenvalue weighted by Gasteiger charge is 2.27. The molecule has 0 N–H and O–H groups in total. The number of aromatic nitrogens is 2. The standard InChI is InChI=1S/C14H14N4O5/c19-14(11-1-2-13(23-11)18(20)21)17-7-4-10(5-8-17)22-12-3-6-15-9-16-12/h1-3,6,9-10H,4-5,7-8H2. The Kier molecular flexibility index (Phi) is 4.18. The molecule has 23 heavy (non-hydrogen) atoms. The van der Waals surface area contributed by atoms with Crippen molar-refractivity contribution >= 4 is 11.8 Å². The maximum Gasteiger partial charge on any atom is 0.433 e. The van der Waals surface area contributed by atoms with Gasteiger partial charge in [0.15, 0.2) is 5.76 Å². The van der Waals surface area contributed by atoms with Crippen molar-refractivity contribution in [1.29, 1.82) is 0 Å². The van der Waals surface area contributed by atoms with Crippen molar-refractivity contribution in [2.24, 2.45) is 0 Å². The van der Waals surface area contributed by atoms with Gasteiger partial charge < -0.3 is 14.1 Å². The molecule has 3 rings (SSSR count). The molecule has 0 bridgehead atoms. The van der Waals surface area contributed by atoms with Crippen molar-refractivity contribution < 1.29 is 18.9 Å². The molecule has 0 radical (unpaired) electrons. The monoisotopic (exact) mass is 318 g/mol. The minimum Gasteiger partial charge on any atom is -0.474 e. The Labute approximate surface area is 131 Å². The quantitative estimate of drug-likeness (QED) is 0.622. The van der Waals surface area contributed by atoms with Gasteiger partial charge in [0.1, 0.15) is 17.4 Å². The van der Waals surface area contributed by atoms with Gasteiger partial charge in [0.05, 0.1) is 6.07 Å². The van der Waals surface area contributed by atoms with Crippen molar-refractivity contribution in [1.82, 2.24) is 14.9 Å². The van der Waals surface area contributed by atoms with Gasteiger partial charge in [-0.05, 0) is 6.07 Å². The first-order chi connectivity index (χ1) is 11.1. The molecule has 9 nitrogen and oxygen atoms in total. The zero-order chi connectivity index (χ0) is 16.2. The summed E-state index contributed by atoms with van der Waals surface area (Å²) in [7, 11) is 0. The number of furan rings is 1. The van der Waals surface area contributed by atoms with E-state index in [9.17, 15) is 14.9 Å². The van der Waals surface area contributed by atoms with Gasteiger partial charge >= 0.3 is 5.88 Å². The van der Waals surface area contributed by atoms with Gasteiger partial charge in [-0.2, -0.15) is 0 Å². The van der Waals surface area contributed by atoms with Crippen LogP contribution in [0.1, 0.15) is 23.4 Å². The van der Waals surface area contributed by atoms with Crippen molar-refractivity contribution in [3.63, 3.8) is 0 Å². The zero-order valence-electron chi connectivity index (χ0n) is 12.1. The van der Waals surface area contributed by atoms with Gasteiger partial charge in [-0.1, -0.05) is 0 Å². The molecule has 2 aromatic rings. The number of carbonyl (C=O) groups is 1. The highest BCUT2D eigenvalue weighted by atomic mass is 16.6. The van der Waals surface area contributed by atoms with Crippen molar-refractivity contribution in [2.75, 3.05) is 13.1 Å². The number of hydrogen-bond acceptors (Lipinski definition) is 7. The number of nitrogens with zero attached hydrogens (tertiary/aromatic N) is 4. The number of likely N-dealkylation sites (tertiary alicyclic amines) is 1. The van der Waals surface area contributed by atoms with Crippen LogP contribution < -0.4 is 4.74 Å². The molecule has 0 unspecified atom stereocenters. The number of hydrogen-bond donors (Lipinski definition) is 0. The third-order valence-electron chi connectivity index (χ3n) is 3.55. The van der Waals surface area contributed by atoms with E-state index in [0.29, 0.717) is 31.8 Å². The smallest absolute Gasteiger partial charge is 0.433 e. The van der Waals surface area contributed by atoms with Crippen LogP contribution in [0.5, 0.6) is 5.88 Å². The van der Waals surface area contributed by atoms with Gasteiger partial charge in [-0.3, -0.25) is 14.9 Å². The molecule has 1 amide bonds. The zero-order valence-corrected chi connectivity index (χ0v) is 12.1. The maximum absolute atomic E-state index is 12.2. The van der Waals surface area contributed by atoms with E-state index in [2.05, 4.69) is 9.97 Å². The van der Waals surface area contributed by atoms with E-state index in [1.165, 1.54) is 18.5 Å². The summed E-state index contributed by atoms with van der Waals surface area (Å²) in [5.74, 6) is -0.299. The van der Waals surface area contributed by atoms with Gasteiger partial charge in [-0.15, -0.1) is 0 Å². The molecule has 9 heteroatoms. The lowest BCUT2D eigenvalue weighted by molar-refractivity contribution is -0.402. The van der Waals surface area contributed by atoms with Crippen LogP contribution in [0.3, 0.4) is 0 Å². The Bertz CT molecular complexity index is 694. The summed E-state index contributed by atoms with van der Waals surface area (Å²) in [6.45, 7) is 0.978. The van der Waals surface area contributed by atoms with E-state index < -0.39 is 10.8 Å². The van der Waals surface area contributed by atoms with E-state index in [1.807, 2.05) is 0 Å².